The van der Waals surface area contributed by atoms with Crippen molar-refractivity contribution in [2.24, 2.45) is 0 Å². The molecule has 0 saturated carbocycles. The van der Waals surface area contributed by atoms with Crippen LogP contribution in [0.25, 0.3) is 0 Å². The molecule has 4 nitrogen and oxygen atoms in total. The summed E-state index contributed by atoms with van der Waals surface area (Å²) in [7, 11) is 0. The van der Waals surface area contributed by atoms with Crippen LogP contribution in [0.1, 0.15) is 37.0 Å². The largest absolute Gasteiger partial charge is 0.486 e. The van der Waals surface area contributed by atoms with Gasteiger partial charge in [-0.25, -0.2) is 0 Å². The summed E-state index contributed by atoms with van der Waals surface area (Å²) in [5.41, 5.74) is 0.621. The Bertz CT molecular complexity index is 436. The molecule has 4 heteroatoms. The van der Waals surface area contributed by atoms with Crippen LogP contribution < -0.4 is 9.47 Å². The molecule has 0 fully saturated rings. The summed E-state index contributed by atoms with van der Waals surface area (Å²) in [6, 6.07) is 5.31. The minimum atomic E-state index is -0.363. The van der Waals surface area contributed by atoms with Crippen LogP contribution in [-0.2, 0) is 4.74 Å². The van der Waals surface area contributed by atoms with Gasteiger partial charge in [-0.2, -0.15) is 0 Å². The Hall–Kier alpha value is -1.55. The third-order valence-corrected chi connectivity index (χ3v) is 3.04. The zero-order valence-corrected chi connectivity index (χ0v) is 11.5. The van der Waals surface area contributed by atoms with Gasteiger partial charge in [0.2, 0.25) is 0 Å². The first kappa shape index (κ1) is 13.9. The van der Waals surface area contributed by atoms with Gasteiger partial charge in [0.15, 0.2) is 17.3 Å². The minimum absolute atomic E-state index is 0.0145. The zero-order valence-electron chi connectivity index (χ0n) is 11.5. The van der Waals surface area contributed by atoms with Gasteiger partial charge in [-0.05, 0) is 31.5 Å². The van der Waals surface area contributed by atoms with E-state index >= 15 is 0 Å². The maximum absolute atomic E-state index is 12.4. The fraction of sp³-hybridized carbons (Fsp3) is 0.533. The van der Waals surface area contributed by atoms with Crippen LogP contribution in [0.4, 0.5) is 0 Å². The Labute approximate surface area is 113 Å². The summed E-state index contributed by atoms with van der Waals surface area (Å²) in [5, 5.41) is 0. The third-order valence-electron chi connectivity index (χ3n) is 3.04. The number of carbonyl (C=O) groups excluding carboxylic acids is 1. The first-order valence-corrected chi connectivity index (χ1v) is 6.81. The molecule has 1 aliphatic rings. The highest BCUT2D eigenvalue weighted by Crippen LogP contribution is 2.31. The molecule has 0 spiro atoms. The molecular weight excluding hydrogens is 244 g/mol. The van der Waals surface area contributed by atoms with E-state index in [2.05, 4.69) is 0 Å². The fourth-order valence-electron chi connectivity index (χ4n) is 2.14. The molecule has 1 heterocycles. The number of fused-ring (bicyclic) bond motifs is 1. The first-order valence-electron chi connectivity index (χ1n) is 6.81. The highest BCUT2D eigenvalue weighted by Gasteiger charge is 2.22. The molecule has 0 saturated heterocycles. The maximum Gasteiger partial charge on any atom is 0.191 e. The van der Waals surface area contributed by atoms with Crippen LogP contribution in [0.3, 0.4) is 0 Å². The lowest BCUT2D eigenvalue weighted by atomic mass is 10.0. The highest BCUT2D eigenvalue weighted by atomic mass is 16.6. The predicted octanol–water partition coefficient (Wildman–Crippen LogP) is 2.85. The molecule has 1 unspecified atom stereocenters. The van der Waals surface area contributed by atoms with Crippen molar-refractivity contribution in [3.8, 4) is 11.5 Å². The van der Waals surface area contributed by atoms with Crippen LogP contribution in [0.2, 0.25) is 0 Å². The Morgan fingerprint density at radius 2 is 2.00 bits per heavy atom. The average Bonchev–Trinajstić information content (AvgIpc) is 2.46. The van der Waals surface area contributed by atoms with Crippen molar-refractivity contribution in [3.63, 3.8) is 0 Å². The Kier molecular flexibility index (Phi) is 4.80. The summed E-state index contributed by atoms with van der Waals surface area (Å²) in [5.74, 6) is 1.36. The molecule has 104 valence electrons. The number of ether oxygens (including phenoxy) is 3. The van der Waals surface area contributed by atoms with E-state index in [1.807, 2.05) is 13.8 Å². The van der Waals surface area contributed by atoms with E-state index in [9.17, 15) is 4.79 Å². The average molecular weight is 264 g/mol. The number of hydrogen-bond acceptors (Lipinski definition) is 4. The number of ketones is 1. The summed E-state index contributed by atoms with van der Waals surface area (Å²) in [4.78, 5) is 12.4. The quantitative estimate of drug-likeness (QED) is 0.741. The van der Waals surface area contributed by atoms with Crippen molar-refractivity contribution in [2.75, 3.05) is 19.8 Å². The molecular formula is C15H20O4. The van der Waals surface area contributed by atoms with Crippen molar-refractivity contribution in [3.05, 3.63) is 23.8 Å². The molecule has 1 aromatic carbocycles. The lowest BCUT2D eigenvalue weighted by Gasteiger charge is -2.20. The SMILES string of the molecule is CCCC(OCC)C(=O)c1ccc2c(c1)OCCO2. The smallest absolute Gasteiger partial charge is 0.191 e. The molecule has 1 aliphatic heterocycles. The molecule has 0 N–H and O–H groups in total. The van der Waals surface area contributed by atoms with Crippen LogP contribution >= 0.6 is 0 Å². The van der Waals surface area contributed by atoms with E-state index in [4.69, 9.17) is 14.2 Å². The monoisotopic (exact) mass is 264 g/mol. The summed E-state index contributed by atoms with van der Waals surface area (Å²) < 4.78 is 16.5. The zero-order chi connectivity index (χ0) is 13.7. The van der Waals surface area contributed by atoms with Crippen molar-refractivity contribution in [1.29, 1.82) is 0 Å². The van der Waals surface area contributed by atoms with Gasteiger partial charge in [0.25, 0.3) is 0 Å². The van der Waals surface area contributed by atoms with Crippen molar-refractivity contribution in [2.45, 2.75) is 32.8 Å². The van der Waals surface area contributed by atoms with Crippen LogP contribution in [0.15, 0.2) is 18.2 Å². The Balaban J connectivity index is 2.17. The number of rotatable bonds is 6. The van der Waals surface area contributed by atoms with Gasteiger partial charge in [-0.15, -0.1) is 0 Å². The molecule has 0 aliphatic carbocycles. The van der Waals surface area contributed by atoms with Crippen molar-refractivity contribution < 1.29 is 19.0 Å². The van der Waals surface area contributed by atoms with E-state index in [0.29, 0.717) is 36.9 Å². The van der Waals surface area contributed by atoms with Crippen LogP contribution in [0, 0.1) is 0 Å². The lowest BCUT2D eigenvalue weighted by molar-refractivity contribution is 0.0422. The van der Waals surface area contributed by atoms with Crippen molar-refractivity contribution in [1.82, 2.24) is 0 Å². The summed E-state index contributed by atoms with van der Waals surface area (Å²) in [6.07, 6.45) is 1.29. The van der Waals surface area contributed by atoms with E-state index in [0.717, 1.165) is 12.8 Å². The predicted molar refractivity (Wildman–Crippen MR) is 72.1 cm³/mol. The molecule has 0 radical (unpaired) electrons. The van der Waals surface area contributed by atoms with Gasteiger partial charge < -0.3 is 14.2 Å². The second kappa shape index (κ2) is 6.57. The molecule has 2 rings (SSSR count). The molecule has 19 heavy (non-hydrogen) atoms. The Morgan fingerprint density at radius 1 is 1.26 bits per heavy atom. The van der Waals surface area contributed by atoms with E-state index < -0.39 is 0 Å². The molecule has 0 bridgehead atoms. The molecule has 1 aromatic rings. The fourth-order valence-corrected chi connectivity index (χ4v) is 2.14. The summed E-state index contributed by atoms with van der Waals surface area (Å²) in [6.45, 7) is 5.57. The minimum Gasteiger partial charge on any atom is -0.486 e. The normalized spacial score (nSPS) is 15.1. The molecule has 0 aromatic heterocycles. The van der Waals surface area contributed by atoms with Crippen molar-refractivity contribution >= 4 is 5.78 Å². The maximum atomic E-state index is 12.4. The lowest BCUT2D eigenvalue weighted by Crippen LogP contribution is -2.25. The third kappa shape index (κ3) is 3.26. The standard InChI is InChI=1S/C15H20O4/c1-3-5-13(17-4-2)15(16)11-6-7-12-14(10-11)19-9-8-18-12/h6-7,10,13H,3-5,8-9H2,1-2H3. The number of hydrogen-bond donors (Lipinski definition) is 0. The van der Waals surface area contributed by atoms with Gasteiger partial charge in [0.1, 0.15) is 19.3 Å². The van der Waals surface area contributed by atoms with Gasteiger partial charge in [-0.3, -0.25) is 4.79 Å². The van der Waals surface area contributed by atoms with Crippen LogP contribution in [0.5, 0.6) is 11.5 Å². The second-order valence-electron chi connectivity index (χ2n) is 4.46. The van der Waals surface area contributed by atoms with Gasteiger partial charge >= 0.3 is 0 Å². The molecule has 1 atom stereocenters. The van der Waals surface area contributed by atoms with Gasteiger partial charge in [0.05, 0.1) is 0 Å². The highest BCUT2D eigenvalue weighted by molar-refractivity contribution is 6.00. The first-order chi connectivity index (χ1) is 9.26. The second-order valence-corrected chi connectivity index (χ2v) is 4.46. The Morgan fingerprint density at radius 3 is 2.68 bits per heavy atom. The van der Waals surface area contributed by atoms with E-state index in [1.54, 1.807) is 18.2 Å². The number of Topliss-reactive ketones (excluding diaryl/α,β-unsaturated/α-hetero) is 1. The number of benzene rings is 1. The van der Waals surface area contributed by atoms with Crippen LogP contribution in [-0.4, -0.2) is 31.7 Å². The van der Waals surface area contributed by atoms with Gasteiger partial charge in [0, 0.05) is 12.2 Å². The van der Waals surface area contributed by atoms with E-state index in [1.165, 1.54) is 0 Å². The number of carbonyl (C=O) groups is 1. The van der Waals surface area contributed by atoms with E-state index in [-0.39, 0.29) is 11.9 Å². The summed E-state index contributed by atoms with van der Waals surface area (Å²) >= 11 is 0. The van der Waals surface area contributed by atoms with Gasteiger partial charge in [-0.1, -0.05) is 13.3 Å². The molecule has 0 amide bonds. The topological polar surface area (TPSA) is 44.8 Å².